The van der Waals surface area contributed by atoms with Gasteiger partial charge in [-0.2, -0.15) is 4.98 Å². The van der Waals surface area contributed by atoms with Crippen LogP contribution < -0.4 is 5.32 Å². The van der Waals surface area contributed by atoms with Gasteiger partial charge in [-0.05, 0) is 29.7 Å². The van der Waals surface area contributed by atoms with E-state index in [0.717, 1.165) is 12.0 Å². The summed E-state index contributed by atoms with van der Waals surface area (Å²) in [7, 11) is 0. The molecule has 1 aliphatic heterocycles. The molecule has 126 valence electrons. The van der Waals surface area contributed by atoms with Crippen LogP contribution in [0.1, 0.15) is 17.0 Å². The van der Waals surface area contributed by atoms with Gasteiger partial charge in [-0.25, -0.2) is 4.79 Å². The van der Waals surface area contributed by atoms with Crippen molar-refractivity contribution in [3.05, 3.63) is 65.5 Å². The standard InChI is InChI=1S/C19H18N4O2/c1-13-20-18(22-25-13)15-7-4-8-17(11-15)21-19(24)23-10-9-14-5-2-3-6-16(14)12-23/h2-8,11H,9-10,12H2,1H3,(H,21,24). The molecule has 25 heavy (non-hydrogen) atoms. The average Bonchev–Trinajstić information content (AvgIpc) is 3.08. The van der Waals surface area contributed by atoms with Crippen molar-refractivity contribution in [3.63, 3.8) is 0 Å². The van der Waals surface area contributed by atoms with E-state index in [0.29, 0.717) is 30.5 Å². The van der Waals surface area contributed by atoms with E-state index in [2.05, 4.69) is 27.6 Å². The SMILES string of the molecule is Cc1nc(-c2cccc(NC(=O)N3CCc4ccccc4C3)c2)no1. The molecule has 6 nitrogen and oxygen atoms in total. The Balaban J connectivity index is 1.48. The van der Waals surface area contributed by atoms with Crippen LogP contribution in [0.15, 0.2) is 53.1 Å². The molecule has 0 spiro atoms. The summed E-state index contributed by atoms with van der Waals surface area (Å²) < 4.78 is 5.01. The second-order valence-electron chi connectivity index (χ2n) is 6.09. The van der Waals surface area contributed by atoms with Crippen LogP contribution in [-0.2, 0) is 13.0 Å². The molecule has 0 saturated carbocycles. The average molecular weight is 334 g/mol. The lowest BCUT2D eigenvalue weighted by Crippen LogP contribution is -2.38. The molecule has 0 fully saturated rings. The fourth-order valence-corrected chi connectivity index (χ4v) is 3.02. The summed E-state index contributed by atoms with van der Waals surface area (Å²) in [4.78, 5) is 18.6. The number of benzene rings is 2. The molecule has 3 aromatic rings. The lowest BCUT2D eigenvalue weighted by Gasteiger charge is -2.29. The highest BCUT2D eigenvalue weighted by molar-refractivity contribution is 5.90. The van der Waals surface area contributed by atoms with Crippen molar-refractivity contribution in [2.75, 3.05) is 11.9 Å². The molecule has 0 bridgehead atoms. The number of carbonyl (C=O) groups is 1. The van der Waals surface area contributed by atoms with Crippen LogP contribution in [0.2, 0.25) is 0 Å². The van der Waals surface area contributed by atoms with Gasteiger partial charge in [-0.3, -0.25) is 0 Å². The molecule has 0 atom stereocenters. The molecule has 0 saturated heterocycles. The Labute approximate surface area is 145 Å². The number of anilines is 1. The summed E-state index contributed by atoms with van der Waals surface area (Å²) in [5, 5.41) is 6.87. The Bertz CT molecular complexity index is 919. The zero-order valence-corrected chi connectivity index (χ0v) is 13.9. The molecule has 0 aliphatic carbocycles. The lowest BCUT2D eigenvalue weighted by molar-refractivity contribution is 0.206. The zero-order valence-electron chi connectivity index (χ0n) is 13.9. The van der Waals surface area contributed by atoms with E-state index in [-0.39, 0.29) is 6.03 Å². The van der Waals surface area contributed by atoms with Crippen molar-refractivity contribution < 1.29 is 9.32 Å². The van der Waals surface area contributed by atoms with E-state index in [9.17, 15) is 4.79 Å². The molecule has 1 aliphatic rings. The minimum absolute atomic E-state index is 0.101. The van der Waals surface area contributed by atoms with E-state index in [1.807, 2.05) is 41.3 Å². The van der Waals surface area contributed by atoms with Gasteiger partial charge in [0.05, 0.1) is 0 Å². The van der Waals surface area contributed by atoms with Crippen LogP contribution in [0.4, 0.5) is 10.5 Å². The largest absolute Gasteiger partial charge is 0.339 e. The van der Waals surface area contributed by atoms with Crippen LogP contribution >= 0.6 is 0 Å². The number of amides is 2. The van der Waals surface area contributed by atoms with Crippen LogP contribution in [0.3, 0.4) is 0 Å². The maximum Gasteiger partial charge on any atom is 0.322 e. The highest BCUT2D eigenvalue weighted by Crippen LogP contribution is 2.22. The predicted molar refractivity (Wildman–Crippen MR) is 94.0 cm³/mol. The topological polar surface area (TPSA) is 71.3 Å². The third-order valence-electron chi connectivity index (χ3n) is 4.32. The molecule has 2 heterocycles. The Morgan fingerprint density at radius 3 is 2.80 bits per heavy atom. The minimum Gasteiger partial charge on any atom is -0.339 e. The normalized spacial score (nSPS) is 13.4. The monoisotopic (exact) mass is 334 g/mol. The van der Waals surface area contributed by atoms with E-state index >= 15 is 0 Å². The molecule has 4 rings (SSSR count). The van der Waals surface area contributed by atoms with Gasteiger partial charge in [-0.1, -0.05) is 41.6 Å². The molecule has 6 heteroatoms. The number of carbonyl (C=O) groups excluding carboxylic acids is 1. The van der Waals surface area contributed by atoms with Gasteiger partial charge in [0.2, 0.25) is 11.7 Å². The summed E-state index contributed by atoms with van der Waals surface area (Å²) in [6.07, 6.45) is 0.881. The molecule has 2 aromatic carbocycles. The van der Waals surface area contributed by atoms with Gasteiger partial charge in [0.15, 0.2) is 0 Å². The van der Waals surface area contributed by atoms with Crippen molar-refractivity contribution >= 4 is 11.7 Å². The van der Waals surface area contributed by atoms with Gasteiger partial charge in [0.1, 0.15) is 0 Å². The second kappa shape index (κ2) is 6.39. The summed E-state index contributed by atoms with van der Waals surface area (Å²) >= 11 is 0. The Kier molecular flexibility index (Phi) is 3.93. The third kappa shape index (κ3) is 3.24. The molecule has 1 N–H and O–H groups in total. The predicted octanol–water partition coefficient (Wildman–Crippen LogP) is 3.64. The maximum atomic E-state index is 12.6. The van der Waals surface area contributed by atoms with Crippen LogP contribution in [0.25, 0.3) is 11.4 Å². The van der Waals surface area contributed by atoms with Crippen molar-refractivity contribution in [1.29, 1.82) is 0 Å². The van der Waals surface area contributed by atoms with E-state index < -0.39 is 0 Å². The van der Waals surface area contributed by atoms with Gasteiger partial charge < -0.3 is 14.7 Å². The summed E-state index contributed by atoms with van der Waals surface area (Å²) in [5.41, 5.74) is 4.04. The van der Waals surface area contributed by atoms with Crippen molar-refractivity contribution in [3.8, 4) is 11.4 Å². The van der Waals surface area contributed by atoms with Gasteiger partial charge in [0.25, 0.3) is 0 Å². The lowest BCUT2D eigenvalue weighted by atomic mass is 10.0. The summed E-state index contributed by atoms with van der Waals surface area (Å²) in [6, 6.07) is 15.6. The molecular formula is C19H18N4O2. The number of rotatable bonds is 2. The molecule has 1 aromatic heterocycles. The number of hydrogen-bond acceptors (Lipinski definition) is 4. The molecule has 0 unspecified atom stereocenters. The van der Waals surface area contributed by atoms with E-state index in [1.165, 1.54) is 11.1 Å². The number of nitrogens with one attached hydrogen (secondary N) is 1. The molecule has 2 amide bonds. The minimum atomic E-state index is -0.101. The van der Waals surface area contributed by atoms with Crippen LogP contribution in [-0.4, -0.2) is 27.6 Å². The molecule has 0 radical (unpaired) electrons. The van der Waals surface area contributed by atoms with Gasteiger partial charge in [-0.15, -0.1) is 0 Å². The second-order valence-corrected chi connectivity index (χ2v) is 6.09. The smallest absolute Gasteiger partial charge is 0.322 e. The fourth-order valence-electron chi connectivity index (χ4n) is 3.02. The van der Waals surface area contributed by atoms with Crippen molar-refractivity contribution in [1.82, 2.24) is 15.0 Å². The first kappa shape index (κ1) is 15.4. The Morgan fingerprint density at radius 2 is 2.00 bits per heavy atom. The van der Waals surface area contributed by atoms with Crippen molar-refractivity contribution in [2.24, 2.45) is 0 Å². The van der Waals surface area contributed by atoms with Crippen LogP contribution in [0, 0.1) is 6.92 Å². The van der Waals surface area contributed by atoms with Gasteiger partial charge in [0, 0.05) is 31.3 Å². The van der Waals surface area contributed by atoms with Crippen molar-refractivity contribution in [2.45, 2.75) is 19.9 Å². The Morgan fingerprint density at radius 1 is 1.16 bits per heavy atom. The highest BCUT2D eigenvalue weighted by atomic mass is 16.5. The first-order chi connectivity index (χ1) is 12.2. The summed E-state index contributed by atoms with van der Waals surface area (Å²) in [6.45, 7) is 3.09. The molecular weight excluding hydrogens is 316 g/mol. The zero-order chi connectivity index (χ0) is 17.2. The van der Waals surface area contributed by atoms with E-state index in [1.54, 1.807) is 6.92 Å². The number of nitrogens with zero attached hydrogens (tertiary/aromatic N) is 3. The highest BCUT2D eigenvalue weighted by Gasteiger charge is 2.20. The number of aryl methyl sites for hydroxylation is 1. The van der Waals surface area contributed by atoms with Crippen LogP contribution in [0.5, 0.6) is 0 Å². The quantitative estimate of drug-likeness (QED) is 0.777. The third-order valence-corrected chi connectivity index (χ3v) is 4.32. The number of hydrogen-bond donors (Lipinski definition) is 1. The van der Waals surface area contributed by atoms with E-state index in [4.69, 9.17) is 4.52 Å². The Hall–Kier alpha value is -3.15. The maximum absolute atomic E-state index is 12.6. The van der Waals surface area contributed by atoms with Gasteiger partial charge >= 0.3 is 6.03 Å². The number of aromatic nitrogens is 2. The number of urea groups is 1. The number of fused-ring (bicyclic) bond motifs is 1. The summed E-state index contributed by atoms with van der Waals surface area (Å²) in [5.74, 6) is 1.02. The fraction of sp³-hybridized carbons (Fsp3) is 0.211. The first-order valence-corrected chi connectivity index (χ1v) is 8.22. The first-order valence-electron chi connectivity index (χ1n) is 8.22.